The first kappa shape index (κ1) is 15.7. The molecule has 3 atom stereocenters. The second-order valence-electron chi connectivity index (χ2n) is 7.24. The zero-order valence-electron chi connectivity index (χ0n) is 13.6. The number of nitrogens with one attached hydrogen (secondary N) is 1. The lowest BCUT2D eigenvalue weighted by Crippen LogP contribution is -2.20. The van der Waals surface area contributed by atoms with Crippen LogP contribution in [0.2, 0.25) is 5.02 Å². The number of benzene rings is 1. The molecule has 3 unspecified atom stereocenters. The van der Waals surface area contributed by atoms with Crippen molar-refractivity contribution >= 4 is 23.2 Å². The molecule has 0 spiro atoms. The van der Waals surface area contributed by atoms with Crippen LogP contribution in [-0.2, 0) is 11.3 Å². The zero-order chi connectivity index (χ0) is 16.5. The van der Waals surface area contributed by atoms with E-state index in [2.05, 4.69) is 10.4 Å². The standard InChI is InChI=1S/C19H22ClN3O/c20-17-3-1-2-14(8-17)11-23-12-18(10-21-23)22-19(24)9-16-7-13-4-5-15(16)6-13/h1-3,8,10,12-13,15-16H,4-7,9,11H2,(H,22,24). The van der Waals surface area contributed by atoms with E-state index in [9.17, 15) is 4.79 Å². The van der Waals surface area contributed by atoms with Crippen molar-refractivity contribution in [2.24, 2.45) is 17.8 Å². The molecule has 1 amide bonds. The van der Waals surface area contributed by atoms with Crippen molar-refractivity contribution in [2.75, 3.05) is 5.32 Å². The molecular weight excluding hydrogens is 322 g/mol. The van der Waals surface area contributed by atoms with Crippen LogP contribution < -0.4 is 5.32 Å². The molecule has 2 saturated carbocycles. The third-order valence-corrected chi connectivity index (χ3v) is 5.72. The summed E-state index contributed by atoms with van der Waals surface area (Å²) in [6.45, 7) is 0.642. The minimum absolute atomic E-state index is 0.120. The normalized spacial score (nSPS) is 25.1. The van der Waals surface area contributed by atoms with Crippen molar-refractivity contribution < 1.29 is 4.79 Å². The summed E-state index contributed by atoms with van der Waals surface area (Å²) in [5.74, 6) is 2.37. The van der Waals surface area contributed by atoms with Gasteiger partial charge in [0.25, 0.3) is 0 Å². The Morgan fingerprint density at radius 1 is 1.33 bits per heavy atom. The lowest BCUT2D eigenvalue weighted by molar-refractivity contribution is -0.117. The fourth-order valence-corrected chi connectivity index (χ4v) is 4.63. The molecule has 2 aliphatic carbocycles. The van der Waals surface area contributed by atoms with Crippen molar-refractivity contribution in [2.45, 2.75) is 38.6 Å². The van der Waals surface area contributed by atoms with E-state index in [0.717, 1.165) is 28.1 Å². The second-order valence-corrected chi connectivity index (χ2v) is 7.68. The van der Waals surface area contributed by atoms with E-state index in [1.54, 1.807) is 6.20 Å². The van der Waals surface area contributed by atoms with E-state index in [1.165, 1.54) is 25.7 Å². The van der Waals surface area contributed by atoms with Crippen LogP contribution in [0, 0.1) is 17.8 Å². The number of fused-ring (bicyclic) bond motifs is 2. The quantitative estimate of drug-likeness (QED) is 0.877. The van der Waals surface area contributed by atoms with E-state index in [0.29, 0.717) is 18.9 Å². The Bertz CT molecular complexity index is 742. The number of aromatic nitrogens is 2. The summed E-state index contributed by atoms with van der Waals surface area (Å²) < 4.78 is 1.82. The molecule has 0 radical (unpaired) electrons. The molecule has 1 aromatic heterocycles. The van der Waals surface area contributed by atoms with Crippen LogP contribution in [0.25, 0.3) is 0 Å². The molecule has 0 saturated heterocycles. The molecule has 5 heteroatoms. The highest BCUT2D eigenvalue weighted by atomic mass is 35.5. The zero-order valence-corrected chi connectivity index (χ0v) is 14.4. The van der Waals surface area contributed by atoms with E-state index in [4.69, 9.17) is 11.6 Å². The Kier molecular flexibility index (Phi) is 4.31. The highest BCUT2D eigenvalue weighted by molar-refractivity contribution is 6.30. The average Bonchev–Trinajstić information content (AvgIpc) is 3.24. The van der Waals surface area contributed by atoms with E-state index >= 15 is 0 Å². The van der Waals surface area contributed by atoms with Crippen molar-refractivity contribution in [3.05, 3.63) is 47.2 Å². The number of carbonyl (C=O) groups is 1. The van der Waals surface area contributed by atoms with Gasteiger partial charge in [0.1, 0.15) is 0 Å². The van der Waals surface area contributed by atoms with Gasteiger partial charge in [0, 0.05) is 17.6 Å². The van der Waals surface area contributed by atoms with Gasteiger partial charge in [-0.1, -0.05) is 30.2 Å². The molecule has 2 aliphatic rings. The van der Waals surface area contributed by atoms with Crippen LogP contribution in [0.4, 0.5) is 5.69 Å². The topological polar surface area (TPSA) is 46.9 Å². The third kappa shape index (κ3) is 3.48. The maximum Gasteiger partial charge on any atom is 0.224 e. The van der Waals surface area contributed by atoms with Gasteiger partial charge in [-0.15, -0.1) is 0 Å². The van der Waals surface area contributed by atoms with Gasteiger partial charge in [-0.3, -0.25) is 9.48 Å². The van der Waals surface area contributed by atoms with Gasteiger partial charge in [0.05, 0.1) is 18.4 Å². The number of amides is 1. The van der Waals surface area contributed by atoms with Gasteiger partial charge >= 0.3 is 0 Å². The fraction of sp³-hybridized carbons (Fsp3) is 0.474. The van der Waals surface area contributed by atoms with Gasteiger partial charge in [-0.2, -0.15) is 5.10 Å². The number of carbonyl (C=O) groups excluding carboxylic acids is 1. The van der Waals surface area contributed by atoms with Crippen molar-refractivity contribution in [3.63, 3.8) is 0 Å². The predicted molar refractivity (Wildman–Crippen MR) is 95.0 cm³/mol. The van der Waals surface area contributed by atoms with Crippen LogP contribution >= 0.6 is 11.6 Å². The predicted octanol–water partition coefficient (Wildman–Crippen LogP) is 4.35. The van der Waals surface area contributed by atoms with Gasteiger partial charge < -0.3 is 5.32 Å². The maximum atomic E-state index is 12.3. The summed E-state index contributed by atoms with van der Waals surface area (Å²) in [4.78, 5) is 12.3. The van der Waals surface area contributed by atoms with E-state index in [-0.39, 0.29) is 5.91 Å². The Morgan fingerprint density at radius 2 is 2.25 bits per heavy atom. The summed E-state index contributed by atoms with van der Waals surface area (Å²) in [6.07, 6.45) is 9.52. The summed E-state index contributed by atoms with van der Waals surface area (Å²) >= 11 is 6.01. The lowest BCUT2D eigenvalue weighted by Gasteiger charge is -2.20. The molecule has 126 valence electrons. The number of hydrogen-bond acceptors (Lipinski definition) is 2. The molecule has 2 fully saturated rings. The molecule has 0 aliphatic heterocycles. The number of rotatable bonds is 5. The van der Waals surface area contributed by atoms with Crippen LogP contribution in [0.1, 0.15) is 37.7 Å². The van der Waals surface area contributed by atoms with Crippen LogP contribution in [0.3, 0.4) is 0 Å². The second kappa shape index (κ2) is 6.60. The molecule has 1 N–H and O–H groups in total. The van der Waals surface area contributed by atoms with Gasteiger partial charge in [-0.25, -0.2) is 0 Å². The number of hydrogen-bond donors (Lipinski definition) is 1. The minimum atomic E-state index is 0.120. The molecule has 4 nitrogen and oxygen atoms in total. The molecular formula is C19H22ClN3O. The highest BCUT2D eigenvalue weighted by Crippen LogP contribution is 2.49. The Balaban J connectivity index is 1.32. The average molecular weight is 344 g/mol. The van der Waals surface area contributed by atoms with E-state index < -0.39 is 0 Å². The number of nitrogens with zero attached hydrogens (tertiary/aromatic N) is 2. The van der Waals surface area contributed by atoms with Crippen LogP contribution in [-0.4, -0.2) is 15.7 Å². The first-order valence-corrected chi connectivity index (χ1v) is 9.10. The number of anilines is 1. The van der Waals surface area contributed by atoms with Gasteiger partial charge in [0.15, 0.2) is 0 Å². The molecule has 24 heavy (non-hydrogen) atoms. The molecule has 1 heterocycles. The van der Waals surface area contributed by atoms with Crippen LogP contribution in [0.5, 0.6) is 0 Å². The maximum absolute atomic E-state index is 12.3. The van der Waals surface area contributed by atoms with Gasteiger partial charge in [-0.05, 0) is 54.7 Å². The van der Waals surface area contributed by atoms with E-state index in [1.807, 2.05) is 35.1 Å². The smallest absolute Gasteiger partial charge is 0.224 e. The van der Waals surface area contributed by atoms with Gasteiger partial charge in [0.2, 0.25) is 5.91 Å². The molecule has 2 aromatic rings. The Hall–Kier alpha value is -1.81. The molecule has 1 aromatic carbocycles. The lowest BCUT2D eigenvalue weighted by atomic mass is 9.86. The number of halogens is 1. The Labute approximate surface area is 147 Å². The highest BCUT2D eigenvalue weighted by Gasteiger charge is 2.40. The van der Waals surface area contributed by atoms with Crippen LogP contribution in [0.15, 0.2) is 36.7 Å². The summed E-state index contributed by atoms with van der Waals surface area (Å²) in [5.41, 5.74) is 1.86. The summed E-state index contributed by atoms with van der Waals surface area (Å²) in [6, 6.07) is 7.73. The van der Waals surface area contributed by atoms with Crippen molar-refractivity contribution in [1.82, 2.24) is 9.78 Å². The Morgan fingerprint density at radius 3 is 3.00 bits per heavy atom. The third-order valence-electron chi connectivity index (χ3n) is 5.48. The first-order valence-electron chi connectivity index (χ1n) is 8.72. The monoisotopic (exact) mass is 343 g/mol. The summed E-state index contributed by atoms with van der Waals surface area (Å²) in [7, 11) is 0. The first-order chi connectivity index (χ1) is 11.7. The molecule has 4 rings (SSSR count). The fourth-order valence-electron chi connectivity index (χ4n) is 4.41. The largest absolute Gasteiger partial charge is 0.323 e. The van der Waals surface area contributed by atoms with Crippen molar-refractivity contribution in [1.29, 1.82) is 0 Å². The summed E-state index contributed by atoms with van der Waals surface area (Å²) in [5, 5.41) is 8.04. The molecule has 2 bridgehead atoms. The van der Waals surface area contributed by atoms with Crippen molar-refractivity contribution in [3.8, 4) is 0 Å². The SMILES string of the molecule is O=C(CC1CC2CCC1C2)Nc1cnn(Cc2cccc(Cl)c2)c1. The minimum Gasteiger partial charge on any atom is -0.323 e.